The second-order valence-corrected chi connectivity index (χ2v) is 6.00. The number of esters is 1. The molecule has 0 aliphatic carbocycles. The molecule has 0 N–H and O–H groups in total. The molecule has 1 heterocycles. The number of nitrogens with zero attached hydrogens (tertiary/aromatic N) is 1. The molecule has 9 heteroatoms. The Balaban J connectivity index is 1.77. The maximum atomic E-state index is 12.2. The predicted molar refractivity (Wildman–Crippen MR) is 89.0 cm³/mol. The van der Waals surface area contributed by atoms with Crippen LogP contribution in [0, 0.1) is 10.1 Å². The Morgan fingerprint density at radius 1 is 1.28 bits per heavy atom. The molecule has 0 saturated heterocycles. The first-order valence-electron chi connectivity index (χ1n) is 7.08. The van der Waals surface area contributed by atoms with Crippen molar-refractivity contribution in [2.75, 3.05) is 6.79 Å². The van der Waals surface area contributed by atoms with E-state index >= 15 is 0 Å². The van der Waals surface area contributed by atoms with Crippen LogP contribution in [0.5, 0.6) is 5.75 Å². The maximum Gasteiger partial charge on any atom is 0.339 e. The Kier molecular flexibility index (Phi) is 5.08. The zero-order valence-corrected chi connectivity index (χ0v) is 14.2. The van der Waals surface area contributed by atoms with Gasteiger partial charge < -0.3 is 14.2 Å². The van der Waals surface area contributed by atoms with Crippen LogP contribution in [0.1, 0.15) is 21.5 Å². The largest absolute Gasteiger partial charge is 0.467 e. The molecule has 2 aromatic rings. The summed E-state index contributed by atoms with van der Waals surface area (Å²) in [4.78, 5) is 22.3. The highest BCUT2D eigenvalue weighted by molar-refractivity contribution is 6.33. The smallest absolute Gasteiger partial charge is 0.339 e. The number of hydrogen-bond donors (Lipinski definition) is 0. The molecule has 0 fully saturated rings. The first-order valence-corrected chi connectivity index (χ1v) is 7.84. The van der Waals surface area contributed by atoms with Gasteiger partial charge in [0.15, 0.2) is 6.79 Å². The third-order valence-electron chi connectivity index (χ3n) is 3.49. The minimum absolute atomic E-state index is 0.0346. The van der Waals surface area contributed by atoms with Gasteiger partial charge in [-0.15, -0.1) is 0 Å². The monoisotopic (exact) mass is 383 g/mol. The lowest BCUT2D eigenvalue weighted by Crippen LogP contribution is -2.14. The second-order valence-electron chi connectivity index (χ2n) is 5.16. The van der Waals surface area contributed by atoms with Crippen molar-refractivity contribution in [3.63, 3.8) is 0 Å². The minimum Gasteiger partial charge on any atom is -0.467 e. The van der Waals surface area contributed by atoms with Crippen LogP contribution in [0.4, 0.5) is 5.69 Å². The number of benzene rings is 2. The van der Waals surface area contributed by atoms with Gasteiger partial charge in [-0.25, -0.2) is 4.79 Å². The quantitative estimate of drug-likeness (QED) is 0.448. The van der Waals surface area contributed by atoms with E-state index in [-0.39, 0.29) is 29.7 Å². The molecule has 0 radical (unpaired) electrons. The van der Waals surface area contributed by atoms with Crippen molar-refractivity contribution in [1.29, 1.82) is 0 Å². The third-order valence-corrected chi connectivity index (χ3v) is 4.02. The van der Waals surface area contributed by atoms with Gasteiger partial charge in [0.1, 0.15) is 12.4 Å². The number of ether oxygens (including phenoxy) is 3. The summed E-state index contributed by atoms with van der Waals surface area (Å²) in [5.41, 5.74) is 1.18. The van der Waals surface area contributed by atoms with Crippen LogP contribution in [-0.2, 0) is 22.7 Å². The van der Waals surface area contributed by atoms with Gasteiger partial charge in [0.05, 0.1) is 22.1 Å². The van der Waals surface area contributed by atoms with E-state index in [0.717, 1.165) is 11.6 Å². The number of carbonyl (C=O) groups excluding carboxylic acids is 1. The molecule has 0 bridgehead atoms. The van der Waals surface area contributed by atoms with Gasteiger partial charge in [-0.2, -0.15) is 0 Å². The number of nitro benzene ring substituents is 1. The number of rotatable bonds is 4. The summed E-state index contributed by atoms with van der Waals surface area (Å²) in [5, 5.41) is 11.1. The molecule has 1 aliphatic rings. The second kappa shape index (κ2) is 7.26. The molecule has 7 nitrogen and oxygen atoms in total. The van der Waals surface area contributed by atoms with E-state index < -0.39 is 10.9 Å². The molecule has 2 aromatic carbocycles. The molecule has 130 valence electrons. The highest BCUT2D eigenvalue weighted by atomic mass is 35.5. The molecular formula is C16H11Cl2NO6. The lowest BCUT2D eigenvalue weighted by Gasteiger charge is -2.21. The van der Waals surface area contributed by atoms with Gasteiger partial charge in [-0.1, -0.05) is 23.2 Å². The Labute approximate surface area is 152 Å². The van der Waals surface area contributed by atoms with Crippen LogP contribution >= 0.6 is 23.2 Å². The average Bonchev–Trinajstić information content (AvgIpc) is 2.59. The Morgan fingerprint density at radius 3 is 2.80 bits per heavy atom. The SMILES string of the molecule is O=C(OCc1cc(Cl)cc2c1OCOC2)c1ccc([N+](=O)[O-])cc1Cl. The fraction of sp³-hybridized carbons (Fsp3) is 0.188. The average molecular weight is 384 g/mol. The number of non-ortho nitro benzene ring substituents is 1. The van der Waals surface area contributed by atoms with Crippen LogP contribution in [0.15, 0.2) is 30.3 Å². The van der Waals surface area contributed by atoms with Gasteiger partial charge in [-0.3, -0.25) is 10.1 Å². The number of fused-ring (bicyclic) bond motifs is 1. The normalized spacial score (nSPS) is 12.9. The van der Waals surface area contributed by atoms with Crippen molar-refractivity contribution in [1.82, 2.24) is 0 Å². The summed E-state index contributed by atoms with van der Waals surface area (Å²) >= 11 is 12.0. The van der Waals surface area contributed by atoms with Crippen molar-refractivity contribution in [3.05, 3.63) is 67.2 Å². The zero-order chi connectivity index (χ0) is 18.0. The van der Waals surface area contributed by atoms with E-state index in [4.69, 9.17) is 37.4 Å². The summed E-state index contributed by atoms with van der Waals surface area (Å²) < 4.78 is 15.9. The molecule has 1 aliphatic heterocycles. The van der Waals surface area contributed by atoms with Crippen molar-refractivity contribution in [2.45, 2.75) is 13.2 Å². The Morgan fingerprint density at radius 2 is 2.08 bits per heavy atom. The summed E-state index contributed by atoms with van der Waals surface area (Å²) in [6.45, 7) is 0.365. The lowest BCUT2D eigenvalue weighted by molar-refractivity contribution is -0.384. The highest BCUT2D eigenvalue weighted by Crippen LogP contribution is 2.32. The van der Waals surface area contributed by atoms with Gasteiger partial charge in [-0.05, 0) is 18.2 Å². The van der Waals surface area contributed by atoms with Gasteiger partial charge >= 0.3 is 5.97 Å². The van der Waals surface area contributed by atoms with Crippen molar-refractivity contribution < 1.29 is 23.9 Å². The number of halogens is 2. The molecule has 25 heavy (non-hydrogen) atoms. The third kappa shape index (κ3) is 3.84. The summed E-state index contributed by atoms with van der Waals surface area (Å²) in [5.74, 6) is -0.140. The highest BCUT2D eigenvalue weighted by Gasteiger charge is 2.20. The van der Waals surface area contributed by atoms with E-state index in [1.807, 2.05) is 0 Å². The van der Waals surface area contributed by atoms with Crippen molar-refractivity contribution in [3.8, 4) is 5.75 Å². The van der Waals surface area contributed by atoms with Crippen LogP contribution in [-0.4, -0.2) is 17.7 Å². The van der Waals surface area contributed by atoms with E-state index in [1.165, 1.54) is 12.1 Å². The molecule has 3 rings (SSSR count). The van der Waals surface area contributed by atoms with Gasteiger partial charge in [0.25, 0.3) is 5.69 Å². The topological polar surface area (TPSA) is 87.9 Å². The Bertz CT molecular complexity index is 855. The fourth-order valence-electron chi connectivity index (χ4n) is 2.37. The van der Waals surface area contributed by atoms with Crippen LogP contribution in [0.25, 0.3) is 0 Å². The van der Waals surface area contributed by atoms with Crippen LogP contribution in [0.3, 0.4) is 0 Å². The number of carbonyl (C=O) groups is 1. The predicted octanol–water partition coefficient (Wildman–Crippen LogP) is 4.13. The van der Waals surface area contributed by atoms with E-state index in [0.29, 0.717) is 22.9 Å². The number of nitro groups is 1. The number of hydrogen-bond acceptors (Lipinski definition) is 6. The van der Waals surface area contributed by atoms with Crippen LogP contribution in [0.2, 0.25) is 10.0 Å². The molecule has 0 saturated carbocycles. The molecule has 0 amide bonds. The summed E-state index contributed by atoms with van der Waals surface area (Å²) in [6, 6.07) is 6.88. The van der Waals surface area contributed by atoms with E-state index in [1.54, 1.807) is 12.1 Å². The standard InChI is InChI=1S/C16H11Cl2NO6/c17-11-3-9-6-23-8-25-15(9)10(4-11)7-24-16(20)13-2-1-12(19(21)22)5-14(13)18/h1-5H,6-8H2. The maximum absolute atomic E-state index is 12.2. The molecule has 0 spiro atoms. The van der Waals surface area contributed by atoms with Crippen molar-refractivity contribution >= 4 is 34.9 Å². The first kappa shape index (κ1) is 17.5. The fourth-order valence-corrected chi connectivity index (χ4v) is 2.88. The molecule has 0 unspecified atom stereocenters. The zero-order valence-electron chi connectivity index (χ0n) is 12.7. The van der Waals surface area contributed by atoms with E-state index in [9.17, 15) is 14.9 Å². The molecule has 0 atom stereocenters. The summed E-state index contributed by atoms with van der Waals surface area (Å²) in [7, 11) is 0. The molecule has 0 aromatic heterocycles. The van der Waals surface area contributed by atoms with Crippen molar-refractivity contribution in [2.24, 2.45) is 0 Å². The Hall–Kier alpha value is -2.35. The van der Waals surface area contributed by atoms with E-state index in [2.05, 4.69) is 0 Å². The minimum atomic E-state index is -0.708. The van der Waals surface area contributed by atoms with Crippen LogP contribution < -0.4 is 4.74 Å². The van der Waals surface area contributed by atoms with Gasteiger partial charge in [0, 0.05) is 28.3 Å². The molecular weight excluding hydrogens is 373 g/mol. The summed E-state index contributed by atoms with van der Waals surface area (Å²) in [6.07, 6.45) is 0. The first-order chi connectivity index (χ1) is 12.0. The van der Waals surface area contributed by atoms with Gasteiger partial charge in [0.2, 0.25) is 0 Å². The lowest BCUT2D eigenvalue weighted by atomic mass is 10.1.